The molecule has 1 amide bonds. The second-order valence-electron chi connectivity index (χ2n) is 6.52. The Morgan fingerprint density at radius 3 is 2.00 bits per heavy atom. The molecule has 0 aliphatic heterocycles. The van der Waals surface area contributed by atoms with Crippen LogP contribution in [0.1, 0.15) is 10.4 Å². The molecule has 0 fully saturated rings. The number of carbonyl (C=O) groups excluding carboxylic acids is 1. The minimum Gasteiger partial charge on any atom is -0.457 e. The Morgan fingerprint density at radius 2 is 1.34 bits per heavy atom. The number of amides is 1. The Kier molecular flexibility index (Phi) is 4.95. The van der Waals surface area contributed by atoms with Crippen molar-refractivity contribution in [3.8, 4) is 34.0 Å². The standard InChI is InChI=1S/C24H19N3O2/c25-18-10-6-16(7-11-18)22-15-14-21(24(26)28)23(27-22)17-8-12-20(13-9-17)29-19-4-2-1-3-5-19/h1-15H,25H2,(H2,26,28). The first-order chi connectivity index (χ1) is 14.1. The minimum absolute atomic E-state index is 0.362. The second kappa shape index (κ2) is 7.86. The van der Waals surface area contributed by atoms with Crippen LogP contribution >= 0.6 is 0 Å². The quantitative estimate of drug-likeness (QED) is 0.482. The molecule has 1 aromatic heterocycles. The third kappa shape index (κ3) is 4.09. The van der Waals surface area contributed by atoms with Gasteiger partial charge in [-0.25, -0.2) is 4.98 Å². The average Bonchev–Trinajstić information content (AvgIpc) is 2.75. The van der Waals surface area contributed by atoms with Gasteiger partial charge in [-0.3, -0.25) is 4.79 Å². The summed E-state index contributed by atoms with van der Waals surface area (Å²) in [6.45, 7) is 0. The number of primary amides is 1. The monoisotopic (exact) mass is 381 g/mol. The van der Waals surface area contributed by atoms with E-state index in [0.29, 0.717) is 22.7 Å². The summed E-state index contributed by atoms with van der Waals surface area (Å²) in [7, 11) is 0. The summed E-state index contributed by atoms with van der Waals surface area (Å²) in [6, 6.07) is 27.8. The Morgan fingerprint density at radius 1 is 0.724 bits per heavy atom. The molecule has 5 nitrogen and oxygen atoms in total. The number of anilines is 1. The zero-order valence-corrected chi connectivity index (χ0v) is 15.6. The van der Waals surface area contributed by atoms with Crippen molar-refractivity contribution in [1.29, 1.82) is 0 Å². The minimum atomic E-state index is -0.527. The van der Waals surface area contributed by atoms with E-state index >= 15 is 0 Å². The van der Waals surface area contributed by atoms with Crippen molar-refractivity contribution in [1.82, 2.24) is 4.98 Å². The number of rotatable bonds is 5. The second-order valence-corrected chi connectivity index (χ2v) is 6.52. The van der Waals surface area contributed by atoms with Crippen molar-refractivity contribution in [3.05, 3.63) is 96.6 Å². The lowest BCUT2D eigenvalue weighted by Crippen LogP contribution is -2.13. The Bertz CT molecular complexity index is 1140. The molecule has 4 N–H and O–H groups in total. The third-order valence-corrected chi connectivity index (χ3v) is 4.47. The first-order valence-electron chi connectivity index (χ1n) is 9.10. The first-order valence-corrected chi connectivity index (χ1v) is 9.10. The molecule has 0 atom stereocenters. The number of aromatic nitrogens is 1. The number of ether oxygens (including phenoxy) is 1. The van der Waals surface area contributed by atoms with E-state index in [1.54, 1.807) is 12.1 Å². The molecule has 4 rings (SSSR count). The van der Waals surface area contributed by atoms with E-state index in [-0.39, 0.29) is 0 Å². The number of nitrogen functional groups attached to an aromatic ring is 1. The molecular weight excluding hydrogens is 362 g/mol. The van der Waals surface area contributed by atoms with Gasteiger partial charge in [0.2, 0.25) is 0 Å². The summed E-state index contributed by atoms with van der Waals surface area (Å²) in [5.74, 6) is 0.915. The van der Waals surface area contributed by atoms with Gasteiger partial charge >= 0.3 is 0 Å². The number of hydrogen-bond donors (Lipinski definition) is 2. The summed E-state index contributed by atoms with van der Waals surface area (Å²) in [6.07, 6.45) is 0. The molecule has 0 spiro atoms. The fraction of sp³-hybridized carbons (Fsp3) is 0. The maximum Gasteiger partial charge on any atom is 0.250 e. The molecular formula is C24H19N3O2. The van der Waals surface area contributed by atoms with E-state index < -0.39 is 5.91 Å². The molecule has 29 heavy (non-hydrogen) atoms. The van der Waals surface area contributed by atoms with Crippen LogP contribution < -0.4 is 16.2 Å². The fourth-order valence-corrected chi connectivity index (χ4v) is 3.00. The smallest absolute Gasteiger partial charge is 0.250 e. The van der Waals surface area contributed by atoms with Gasteiger partial charge in [0.15, 0.2) is 0 Å². The molecule has 0 unspecified atom stereocenters. The van der Waals surface area contributed by atoms with Crippen LogP contribution in [0.5, 0.6) is 11.5 Å². The molecule has 0 saturated heterocycles. The molecule has 5 heteroatoms. The van der Waals surface area contributed by atoms with E-state index in [1.165, 1.54) is 0 Å². The maximum atomic E-state index is 11.9. The highest BCUT2D eigenvalue weighted by Gasteiger charge is 2.14. The average molecular weight is 381 g/mol. The van der Waals surface area contributed by atoms with Crippen molar-refractivity contribution in [2.24, 2.45) is 5.73 Å². The lowest BCUT2D eigenvalue weighted by molar-refractivity contribution is 0.100. The van der Waals surface area contributed by atoms with Crippen LogP contribution in [-0.4, -0.2) is 10.9 Å². The zero-order valence-electron chi connectivity index (χ0n) is 15.6. The van der Waals surface area contributed by atoms with Gasteiger partial charge in [-0.05, 0) is 60.7 Å². The van der Waals surface area contributed by atoms with Crippen LogP contribution in [0.15, 0.2) is 91.0 Å². The van der Waals surface area contributed by atoms with Crippen LogP contribution in [0, 0.1) is 0 Å². The lowest BCUT2D eigenvalue weighted by atomic mass is 10.0. The van der Waals surface area contributed by atoms with Crippen LogP contribution in [0.4, 0.5) is 5.69 Å². The van der Waals surface area contributed by atoms with Gasteiger partial charge in [-0.2, -0.15) is 0 Å². The first kappa shape index (κ1) is 18.3. The molecule has 0 bridgehead atoms. The van der Waals surface area contributed by atoms with E-state index in [4.69, 9.17) is 21.2 Å². The number of nitrogens with two attached hydrogens (primary N) is 2. The SMILES string of the molecule is NC(=O)c1ccc(-c2ccc(N)cc2)nc1-c1ccc(Oc2ccccc2)cc1. The summed E-state index contributed by atoms with van der Waals surface area (Å²) in [5, 5.41) is 0. The Balaban J connectivity index is 1.69. The van der Waals surface area contributed by atoms with Crippen molar-refractivity contribution in [2.75, 3.05) is 5.73 Å². The van der Waals surface area contributed by atoms with E-state index in [2.05, 4.69) is 0 Å². The van der Waals surface area contributed by atoms with Crippen LogP contribution in [-0.2, 0) is 0 Å². The number of nitrogens with zero attached hydrogens (tertiary/aromatic N) is 1. The van der Waals surface area contributed by atoms with Crippen molar-refractivity contribution >= 4 is 11.6 Å². The summed E-state index contributed by atoms with van der Waals surface area (Å²) in [5.41, 5.74) is 15.3. The summed E-state index contributed by atoms with van der Waals surface area (Å²) < 4.78 is 5.83. The Labute approximate surface area is 168 Å². The highest BCUT2D eigenvalue weighted by Crippen LogP contribution is 2.29. The molecule has 0 aliphatic carbocycles. The van der Waals surface area contributed by atoms with Crippen LogP contribution in [0.2, 0.25) is 0 Å². The van der Waals surface area contributed by atoms with Gasteiger partial charge in [0, 0.05) is 16.8 Å². The predicted molar refractivity (Wildman–Crippen MR) is 115 cm³/mol. The van der Waals surface area contributed by atoms with Crippen molar-refractivity contribution in [3.63, 3.8) is 0 Å². The van der Waals surface area contributed by atoms with Crippen molar-refractivity contribution in [2.45, 2.75) is 0 Å². The molecule has 4 aromatic rings. The highest BCUT2D eigenvalue weighted by molar-refractivity contribution is 5.99. The third-order valence-electron chi connectivity index (χ3n) is 4.47. The highest BCUT2D eigenvalue weighted by atomic mass is 16.5. The number of carbonyl (C=O) groups is 1. The van der Waals surface area contributed by atoms with Gasteiger partial charge < -0.3 is 16.2 Å². The predicted octanol–water partition coefficient (Wildman–Crippen LogP) is 4.89. The van der Waals surface area contributed by atoms with E-state index in [1.807, 2.05) is 78.9 Å². The van der Waals surface area contributed by atoms with Gasteiger partial charge in [0.05, 0.1) is 17.0 Å². The van der Waals surface area contributed by atoms with Gasteiger partial charge in [0.25, 0.3) is 5.91 Å². The molecule has 1 heterocycles. The van der Waals surface area contributed by atoms with E-state index in [0.717, 1.165) is 22.6 Å². The van der Waals surface area contributed by atoms with Crippen LogP contribution in [0.3, 0.4) is 0 Å². The molecule has 3 aromatic carbocycles. The fourth-order valence-electron chi connectivity index (χ4n) is 3.00. The summed E-state index contributed by atoms with van der Waals surface area (Å²) in [4.78, 5) is 16.6. The van der Waals surface area contributed by atoms with Gasteiger partial charge in [-0.15, -0.1) is 0 Å². The van der Waals surface area contributed by atoms with Gasteiger partial charge in [-0.1, -0.05) is 30.3 Å². The summed E-state index contributed by atoms with van der Waals surface area (Å²) >= 11 is 0. The largest absolute Gasteiger partial charge is 0.457 e. The number of hydrogen-bond acceptors (Lipinski definition) is 4. The topological polar surface area (TPSA) is 91.2 Å². The molecule has 142 valence electrons. The molecule has 0 aliphatic rings. The van der Waals surface area contributed by atoms with Gasteiger partial charge in [0.1, 0.15) is 11.5 Å². The molecule has 0 saturated carbocycles. The zero-order chi connectivity index (χ0) is 20.2. The Hall–Kier alpha value is -4.12. The number of pyridine rings is 1. The van der Waals surface area contributed by atoms with Crippen LogP contribution in [0.25, 0.3) is 22.5 Å². The maximum absolute atomic E-state index is 11.9. The molecule has 0 radical (unpaired) electrons. The number of benzene rings is 3. The van der Waals surface area contributed by atoms with Crippen molar-refractivity contribution < 1.29 is 9.53 Å². The normalized spacial score (nSPS) is 10.5. The van der Waals surface area contributed by atoms with E-state index in [9.17, 15) is 4.79 Å². The number of para-hydroxylation sites is 1. The lowest BCUT2D eigenvalue weighted by Gasteiger charge is -2.11.